The molecular formula is C22H36N4O5. The van der Waals surface area contributed by atoms with Crippen LogP contribution in [0.5, 0.6) is 0 Å². The summed E-state index contributed by atoms with van der Waals surface area (Å²) >= 11 is 0. The molecule has 0 saturated heterocycles. The van der Waals surface area contributed by atoms with Gasteiger partial charge in [-0.15, -0.1) is 0 Å². The van der Waals surface area contributed by atoms with Crippen LogP contribution >= 0.6 is 0 Å². The van der Waals surface area contributed by atoms with Crippen LogP contribution in [-0.4, -0.2) is 48.5 Å². The number of hydrogen-bond donors (Lipinski definition) is 4. The summed E-state index contributed by atoms with van der Waals surface area (Å²) in [5.41, 5.74) is 5.15. The maximum Gasteiger partial charge on any atom is 0.286 e. The Kier molecular flexibility index (Phi) is 17.0. The molecule has 9 heteroatoms. The highest BCUT2D eigenvalue weighted by Crippen LogP contribution is 1.97. The predicted molar refractivity (Wildman–Crippen MR) is 120 cm³/mol. The molecule has 0 fully saturated rings. The van der Waals surface area contributed by atoms with Gasteiger partial charge in [0, 0.05) is 5.56 Å². The Balaban J connectivity index is 0. The molecule has 9 nitrogen and oxygen atoms in total. The molecule has 0 aliphatic carbocycles. The van der Waals surface area contributed by atoms with Crippen molar-refractivity contribution in [1.29, 1.82) is 0 Å². The van der Waals surface area contributed by atoms with E-state index in [2.05, 4.69) is 50.6 Å². The molecule has 0 spiro atoms. The smallest absolute Gasteiger partial charge is 0.286 e. The summed E-state index contributed by atoms with van der Waals surface area (Å²) in [4.78, 5) is 56.6. The number of carbonyl (C=O) groups excluding carboxylic acids is 5. The maximum absolute atomic E-state index is 11.8. The third-order valence-electron chi connectivity index (χ3n) is 2.91. The van der Waals surface area contributed by atoms with Gasteiger partial charge in [-0.25, -0.2) is 0 Å². The first-order chi connectivity index (χ1) is 14.5. The molecule has 174 valence electrons. The Hall–Kier alpha value is -3.23. The van der Waals surface area contributed by atoms with Crippen LogP contribution in [-0.2, 0) is 19.2 Å². The minimum absolute atomic E-state index is 0.314. The van der Waals surface area contributed by atoms with E-state index in [9.17, 15) is 24.0 Å². The van der Waals surface area contributed by atoms with E-state index in [-0.39, 0.29) is 6.54 Å². The second-order valence-corrected chi connectivity index (χ2v) is 7.28. The molecule has 0 saturated carbocycles. The second-order valence-electron chi connectivity index (χ2n) is 7.28. The summed E-state index contributed by atoms with van der Waals surface area (Å²) in [7, 11) is 0. The van der Waals surface area contributed by atoms with Crippen LogP contribution in [0.3, 0.4) is 0 Å². The zero-order chi connectivity index (χ0) is 24.4. The van der Waals surface area contributed by atoms with Gasteiger partial charge in [-0.1, -0.05) is 59.2 Å². The summed E-state index contributed by atoms with van der Waals surface area (Å²) in [6.45, 7) is 11.3. The first kappa shape index (κ1) is 30.0. The topological polar surface area (TPSA) is 147 Å². The molecule has 0 radical (unpaired) electrons. The van der Waals surface area contributed by atoms with Crippen LogP contribution in [0.15, 0.2) is 30.3 Å². The summed E-state index contributed by atoms with van der Waals surface area (Å²) in [5, 5.41) is 6.92. The third kappa shape index (κ3) is 17.3. The van der Waals surface area contributed by atoms with Crippen molar-refractivity contribution < 1.29 is 24.0 Å². The highest BCUT2D eigenvalue weighted by molar-refractivity contribution is 6.36. The van der Waals surface area contributed by atoms with Gasteiger partial charge in [0.2, 0.25) is 17.6 Å². The van der Waals surface area contributed by atoms with E-state index in [0.29, 0.717) is 5.56 Å². The van der Waals surface area contributed by atoms with Gasteiger partial charge >= 0.3 is 0 Å². The van der Waals surface area contributed by atoms with Gasteiger partial charge in [0.25, 0.3) is 11.8 Å². The van der Waals surface area contributed by atoms with Crippen molar-refractivity contribution >= 4 is 29.4 Å². The molecular weight excluding hydrogens is 400 g/mol. The van der Waals surface area contributed by atoms with Crippen molar-refractivity contribution in [3.8, 4) is 0 Å². The van der Waals surface area contributed by atoms with Crippen LogP contribution in [0.4, 0.5) is 0 Å². The lowest BCUT2D eigenvalue weighted by Gasteiger charge is -2.14. The quantitative estimate of drug-likeness (QED) is 0.452. The summed E-state index contributed by atoms with van der Waals surface area (Å²) < 4.78 is 0. The molecule has 0 aliphatic rings. The lowest BCUT2D eigenvalue weighted by molar-refractivity contribution is -0.136. The van der Waals surface area contributed by atoms with E-state index in [1.165, 1.54) is 13.3 Å². The fraction of sp³-hybridized carbons (Fsp3) is 0.500. The molecule has 0 bridgehead atoms. The number of hydrogen-bond acceptors (Lipinski definition) is 5. The molecule has 1 atom stereocenters. The molecule has 31 heavy (non-hydrogen) atoms. The number of carbonyl (C=O) groups is 5. The number of nitrogens with two attached hydrogens (primary N) is 1. The van der Waals surface area contributed by atoms with Gasteiger partial charge in [-0.05, 0) is 25.0 Å². The van der Waals surface area contributed by atoms with Crippen LogP contribution in [0.1, 0.15) is 58.3 Å². The summed E-state index contributed by atoms with van der Waals surface area (Å²) in [6.07, 6.45) is 1.25. The monoisotopic (exact) mass is 436 g/mol. The predicted octanol–water partition coefficient (Wildman–Crippen LogP) is 1.17. The molecule has 0 unspecified atom stereocenters. The highest BCUT2D eigenvalue weighted by atomic mass is 16.2. The van der Waals surface area contributed by atoms with Gasteiger partial charge < -0.3 is 21.7 Å². The van der Waals surface area contributed by atoms with Gasteiger partial charge in [0.05, 0.1) is 13.1 Å². The van der Waals surface area contributed by atoms with Crippen molar-refractivity contribution in [2.75, 3.05) is 13.1 Å². The Bertz CT molecular complexity index is 702. The lowest BCUT2D eigenvalue weighted by Crippen LogP contribution is -2.49. The van der Waals surface area contributed by atoms with Crippen molar-refractivity contribution in [3.63, 3.8) is 0 Å². The van der Waals surface area contributed by atoms with Crippen molar-refractivity contribution in [2.24, 2.45) is 11.7 Å². The summed E-state index contributed by atoms with van der Waals surface area (Å²) in [6, 6.07) is 7.38. The summed E-state index contributed by atoms with van der Waals surface area (Å²) in [5.74, 6) is -2.93. The zero-order valence-corrected chi connectivity index (χ0v) is 19.3. The van der Waals surface area contributed by atoms with E-state index in [1.807, 2.05) is 0 Å². The molecule has 1 aromatic rings. The molecule has 4 amide bonds. The van der Waals surface area contributed by atoms with Gasteiger partial charge in [-0.2, -0.15) is 0 Å². The number of ketones is 1. The minimum atomic E-state index is -1.16. The number of primary amides is 1. The fourth-order valence-corrected chi connectivity index (χ4v) is 1.62. The van der Waals surface area contributed by atoms with Gasteiger partial charge in [0.15, 0.2) is 0 Å². The normalized spacial score (nSPS) is 10.3. The number of benzene rings is 1. The van der Waals surface area contributed by atoms with Crippen LogP contribution in [0.2, 0.25) is 0 Å². The minimum Gasteiger partial charge on any atom is -0.363 e. The van der Waals surface area contributed by atoms with E-state index in [1.54, 1.807) is 30.3 Å². The molecule has 0 aliphatic heterocycles. The Morgan fingerprint density at radius 3 is 1.81 bits per heavy atom. The second kappa shape index (κ2) is 17.6. The zero-order valence-electron chi connectivity index (χ0n) is 19.3. The van der Waals surface area contributed by atoms with Crippen molar-refractivity contribution in [2.45, 2.75) is 54.0 Å². The van der Waals surface area contributed by atoms with E-state index < -0.39 is 42.0 Å². The van der Waals surface area contributed by atoms with Crippen LogP contribution < -0.4 is 21.7 Å². The number of rotatable bonds is 8. The standard InChI is InChI=1S/C15H18N4O5.C4H10.C3H8/c1-9(14(23)17-7-11(20)13(16)22)19-12(21)8-18-15(24)10-5-3-2-4-6-10;1-4(2)3;1-3-2/h2-6,9H,7-8H2,1H3,(H2,16,22)(H,17,23)(H,18,24)(H,19,21);4H,1-3H3;3H2,1-2H3/t9-;;/m0../s1. The first-order valence-corrected chi connectivity index (χ1v) is 10.2. The van der Waals surface area contributed by atoms with E-state index >= 15 is 0 Å². The number of Topliss-reactive ketones (excluding diaryl/α,β-unsaturated/α-hetero) is 1. The van der Waals surface area contributed by atoms with Crippen molar-refractivity contribution in [3.05, 3.63) is 35.9 Å². The van der Waals surface area contributed by atoms with Gasteiger partial charge in [-0.3, -0.25) is 24.0 Å². The Morgan fingerprint density at radius 2 is 1.35 bits per heavy atom. The average Bonchev–Trinajstić information content (AvgIpc) is 2.70. The molecule has 5 N–H and O–H groups in total. The molecule has 0 aromatic heterocycles. The first-order valence-electron chi connectivity index (χ1n) is 10.2. The Morgan fingerprint density at radius 1 is 0.871 bits per heavy atom. The van der Waals surface area contributed by atoms with Crippen molar-refractivity contribution in [1.82, 2.24) is 16.0 Å². The number of amides is 4. The number of nitrogens with one attached hydrogen (secondary N) is 3. The molecule has 1 rings (SSSR count). The average molecular weight is 437 g/mol. The fourth-order valence-electron chi connectivity index (χ4n) is 1.62. The highest BCUT2D eigenvalue weighted by Gasteiger charge is 2.18. The SMILES string of the molecule is CC(C)C.CCC.C[C@H](NC(=O)CNC(=O)c1ccccc1)C(=O)NCC(=O)C(N)=O. The molecule has 0 heterocycles. The van der Waals surface area contributed by atoms with Crippen LogP contribution in [0, 0.1) is 5.92 Å². The largest absolute Gasteiger partial charge is 0.363 e. The van der Waals surface area contributed by atoms with E-state index in [0.717, 1.165) is 5.92 Å². The Labute approximate surface area is 184 Å². The van der Waals surface area contributed by atoms with E-state index in [4.69, 9.17) is 5.73 Å². The van der Waals surface area contributed by atoms with Gasteiger partial charge in [0.1, 0.15) is 6.04 Å². The lowest BCUT2D eigenvalue weighted by atomic mass is 10.2. The third-order valence-corrected chi connectivity index (χ3v) is 2.91. The maximum atomic E-state index is 11.8. The van der Waals surface area contributed by atoms with Crippen LogP contribution in [0.25, 0.3) is 0 Å². The molecule has 1 aromatic carbocycles.